The van der Waals surface area contributed by atoms with Gasteiger partial charge in [0.25, 0.3) is 5.91 Å². The minimum atomic E-state index is 0.0385. The number of amides is 1. The summed E-state index contributed by atoms with van der Waals surface area (Å²) in [4.78, 5) is 12.4. The Morgan fingerprint density at radius 3 is 2.60 bits per heavy atom. The highest BCUT2D eigenvalue weighted by atomic mass is 16.1. The van der Waals surface area contributed by atoms with Crippen molar-refractivity contribution in [3.05, 3.63) is 29.3 Å². The molecule has 1 aliphatic carbocycles. The third kappa shape index (κ3) is 3.14. The Morgan fingerprint density at radius 2 is 2.05 bits per heavy atom. The first-order valence-corrected chi connectivity index (χ1v) is 7.61. The Bertz CT molecular complexity index is 490. The van der Waals surface area contributed by atoms with Crippen molar-refractivity contribution >= 4 is 11.6 Å². The number of hydrogen-bond donors (Lipinski definition) is 2. The van der Waals surface area contributed by atoms with Crippen LogP contribution < -0.4 is 10.6 Å². The lowest BCUT2D eigenvalue weighted by atomic mass is 9.92. The summed E-state index contributed by atoms with van der Waals surface area (Å²) in [6.07, 6.45) is 2.47. The van der Waals surface area contributed by atoms with Crippen LogP contribution in [0, 0.1) is 18.3 Å². The molecule has 0 spiro atoms. The molecule has 0 aliphatic heterocycles. The van der Waals surface area contributed by atoms with Crippen LogP contribution in [0.15, 0.2) is 18.2 Å². The van der Waals surface area contributed by atoms with Gasteiger partial charge in [0.05, 0.1) is 5.56 Å². The van der Waals surface area contributed by atoms with Crippen molar-refractivity contribution in [3.63, 3.8) is 0 Å². The van der Waals surface area contributed by atoms with E-state index in [9.17, 15) is 4.79 Å². The quantitative estimate of drug-likeness (QED) is 0.832. The fourth-order valence-corrected chi connectivity index (χ4v) is 2.66. The fraction of sp³-hybridized carbons (Fsp3) is 0.588. The molecule has 20 heavy (non-hydrogen) atoms. The molecule has 1 aromatic rings. The summed E-state index contributed by atoms with van der Waals surface area (Å²) in [5.41, 5.74) is 3.14. The van der Waals surface area contributed by atoms with E-state index in [0.29, 0.717) is 11.3 Å². The zero-order valence-electron chi connectivity index (χ0n) is 13.0. The molecule has 1 aliphatic rings. The minimum absolute atomic E-state index is 0.0385. The summed E-state index contributed by atoms with van der Waals surface area (Å²) in [7, 11) is 0. The van der Waals surface area contributed by atoms with Gasteiger partial charge in [-0.1, -0.05) is 25.5 Å². The van der Waals surface area contributed by atoms with Crippen LogP contribution in [0.25, 0.3) is 0 Å². The van der Waals surface area contributed by atoms with E-state index >= 15 is 0 Å². The molecule has 3 heteroatoms. The van der Waals surface area contributed by atoms with Gasteiger partial charge in [-0.3, -0.25) is 4.79 Å². The SMILES string of the molecule is CCNc1ccc(C)cc1C(=O)NCC1(C(C)C)CC1. The Kier molecular flexibility index (Phi) is 4.36. The number of nitrogens with one attached hydrogen (secondary N) is 2. The predicted octanol–water partition coefficient (Wildman–Crippen LogP) is 3.59. The number of carbonyl (C=O) groups is 1. The zero-order chi connectivity index (χ0) is 14.8. The Hall–Kier alpha value is -1.51. The van der Waals surface area contributed by atoms with Gasteiger partial charge in [0.1, 0.15) is 0 Å². The van der Waals surface area contributed by atoms with Crippen LogP contribution in [-0.4, -0.2) is 19.0 Å². The van der Waals surface area contributed by atoms with Crippen molar-refractivity contribution in [3.8, 4) is 0 Å². The highest BCUT2D eigenvalue weighted by molar-refractivity contribution is 5.99. The first-order valence-electron chi connectivity index (χ1n) is 7.61. The maximum atomic E-state index is 12.4. The van der Waals surface area contributed by atoms with Crippen LogP contribution in [-0.2, 0) is 0 Å². The minimum Gasteiger partial charge on any atom is -0.385 e. The number of benzene rings is 1. The lowest BCUT2D eigenvalue weighted by molar-refractivity contribution is 0.0940. The van der Waals surface area contributed by atoms with Crippen LogP contribution in [0.5, 0.6) is 0 Å². The second kappa shape index (κ2) is 5.86. The third-order valence-electron chi connectivity index (χ3n) is 4.50. The molecule has 0 radical (unpaired) electrons. The van der Waals surface area contributed by atoms with E-state index in [4.69, 9.17) is 0 Å². The first-order chi connectivity index (χ1) is 9.48. The standard InChI is InChI=1S/C17H26N2O/c1-5-18-15-7-6-13(4)10-14(15)16(20)19-11-17(8-9-17)12(2)3/h6-7,10,12,18H,5,8-9,11H2,1-4H3,(H,19,20). The average Bonchev–Trinajstić information content (AvgIpc) is 3.19. The molecule has 0 saturated heterocycles. The van der Waals surface area contributed by atoms with Crippen LogP contribution in [0.4, 0.5) is 5.69 Å². The highest BCUT2D eigenvalue weighted by Crippen LogP contribution is 2.51. The van der Waals surface area contributed by atoms with Gasteiger partial charge in [-0.2, -0.15) is 0 Å². The maximum absolute atomic E-state index is 12.4. The van der Waals surface area contributed by atoms with Gasteiger partial charge >= 0.3 is 0 Å². The van der Waals surface area contributed by atoms with Crippen molar-refractivity contribution in [1.82, 2.24) is 5.32 Å². The molecule has 0 heterocycles. The summed E-state index contributed by atoms with van der Waals surface area (Å²) in [6, 6.07) is 5.98. The highest BCUT2D eigenvalue weighted by Gasteiger charge is 2.45. The van der Waals surface area contributed by atoms with Crippen molar-refractivity contribution in [2.24, 2.45) is 11.3 Å². The van der Waals surface area contributed by atoms with E-state index in [1.165, 1.54) is 12.8 Å². The van der Waals surface area contributed by atoms with Crippen LogP contribution in [0.3, 0.4) is 0 Å². The summed E-state index contributed by atoms with van der Waals surface area (Å²) in [5, 5.41) is 6.39. The van der Waals surface area contributed by atoms with Crippen molar-refractivity contribution < 1.29 is 4.79 Å². The molecular formula is C17H26N2O. The van der Waals surface area contributed by atoms with Gasteiger partial charge in [0.2, 0.25) is 0 Å². The van der Waals surface area contributed by atoms with E-state index < -0.39 is 0 Å². The molecule has 2 N–H and O–H groups in total. The summed E-state index contributed by atoms with van der Waals surface area (Å²) >= 11 is 0. The van der Waals surface area contributed by atoms with Gasteiger partial charge < -0.3 is 10.6 Å². The van der Waals surface area contributed by atoms with Crippen LogP contribution in [0.1, 0.15) is 49.5 Å². The lowest BCUT2D eigenvalue weighted by Crippen LogP contribution is -2.33. The number of hydrogen-bond acceptors (Lipinski definition) is 2. The topological polar surface area (TPSA) is 41.1 Å². The average molecular weight is 274 g/mol. The first kappa shape index (κ1) is 14.9. The van der Waals surface area contributed by atoms with Crippen molar-refractivity contribution in [2.45, 2.75) is 40.5 Å². The molecular weight excluding hydrogens is 248 g/mol. The van der Waals surface area contributed by atoms with Gasteiger partial charge in [-0.05, 0) is 50.2 Å². The van der Waals surface area contributed by atoms with E-state index in [-0.39, 0.29) is 5.91 Å². The number of aryl methyl sites for hydroxylation is 1. The Labute approximate surface area is 122 Å². The van der Waals surface area contributed by atoms with Gasteiger partial charge in [0.15, 0.2) is 0 Å². The van der Waals surface area contributed by atoms with Gasteiger partial charge in [-0.25, -0.2) is 0 Å². The van der Waals surface area contributed by atoms with E-state index in [1.807, 2.05) is 32.0 Å². The van der Waals surface area contributed by atoms with E-state index in [2.05, 4.69) is 24.5 Å². The fourth-order valence-electron chi connectivity index (χ4n) is 2.66. The van der Waals surface area contributed by atoms with Gasteiger partial charge in [-0.15, -0.1) is 0 Å². The summed E-state index contributed by atoms with van der Waals surface area (Å²) < 4.78 is 0. The van der Waals surface area contributed by atoms with E-state index in [0.717, 1.165) is 29.9 Å². The lowest BCUT2D eigenvalue weighted by Gasteiger charge is -2.20. The Morgan fingerprint density at radius 1 is 1.35 bits per heavy atom. The molecule has 2 rings (SSSR count). The Balaban J connectivity index is 2.07. The van der Waals surface area contributed by atoms with Gasteiger partial charge in [0, 0.05) is 18.8 Å². The molecule has 1 fully saturated rings. The monoisotopic (exact) mass is 274 g/mol. The third-order valence-corrected chi connectivity index (χ3v) is 4.50. The molecule has 0 aromatic heterocycles. The number of carbonyl (C=O) groups excluding carboxylic acids is 1. The normalized spacial score (nSPS) is 16.1. The molecule has 0 bridgehead atoms. The van der Waals surface area contributed by atoms with E-state index in [1.54, 1.807) is 0 Å². The summed E-state index contributed by atoms with van der Waals surface area (Å²) in [6.45, 7) is 10.2. The van der Waals surface area contributed by atoms with Crippen LogP contribution in [0.2, 0.25) is 0 Å². The molecule has 0 unspecified atom stereocenters. The largest absolute Gasteiger partial charge is 0.385 e. The smallest absolute Gasteiger partial charge is 0.253 e. The van der Waals surface area contributed by atoms with Crippen molar-refractivity contribution in [2.75, 3.05) is 18.4 Å². The molecule has 1 amide bonds. The second-order valence-corrected chi connectivity index (χ2v) is 6.28. The predicted molar refractivity (Wildman–Crippen MR) is 84.2 cm³/mol. The van der Waals surface area contributed by atoms with Crippen molar-refractivity contribution in [1.29, 1.82) is 0 Å². The number of rotatable bonds is 6. The molecule has 1 aromatic carbocycles. The molecule has 1 saturated carbocycles. The molecule has 110 valence electrons. The van der Waals surface area contributed by atoms with Crippen LogP contribution >= 0.6 is 0 Å². The molecule has 3 nitrogen and oxygen atoms in total. The second-order valence-electron chi connectivity index (χ2n) is 6.28. The summed E-state index contributed by atoms with van der Waals surface area (Å²) in [5.74, 6) is 0.671. The maximum Gasteiger partial charge on any atom is 0.253 e. The number of anilines is 1. The molecule has 0 atom stereocenters. The zero-order valence-corrected chi connectivity index (χ0v) is 13.0.